The first-order valence-corrected chi connectivity index (χ1v) is 6.65. The molecule has 0 bridgehead atoms. The zero-order chi connectivity index (χ0) is 10.1. The summed E-state index contributed by atoms with van der Waals surface area (Å²) in [6, 6.07) is -0.581. The number of hydrogen-bond donors (Lipinski definition) is 2. The van der Waals surface area contributed by atoms with E-state index in [0.29, 0.717) is 5.75 Å². The molecule has 0 aromatic heterocycles. The average molecular weight is 232 g/mol. The molecule has 0 unspecified atom stereocenters. The minimum Gasteiger partial charge on any atom is -0.342 e. The van der Waals surface area contributed by atoms with Crippen LogP contribution in [0.25, 0.3) is 0 Å². The number of amides is 2. The summed E-state index contributed by atoms with van der Waals surface area (Å²) in [4.78, 5) is 25.1. The van der Waals surface area contributed by atoms with Gasteiger partial charge in [0.25, 0.3) is 0 Å². The Balaban J connectivity index is 2.12. The molecule has 2 aliphatic heterocycles. The summed E-state index contributed by atoms with van der Waals surface area (Å²) >= 11 is 3.99. The van der Waals surface area contributed by atoms with E-state index in [1.54, 1.807) is 4.90 Å². The number of carbonyl (C=O) groups excluding carboxylic acids is 2. The van der Waals surface area contributed by atoms with Crippen LogP contribution in [0.2, 0.25) is 0 Å². The van der Waals surface area contributed by atoms with E-state index in [4.69, 9.17) is 0 Å². The monoisotopic (exact) mass is 232 g/mol. The van der Waals surface area contributed by atoms with Gasteiger partial charge in [-0.05, 0) is 12.8 Å². The van der Waals surface area contributed by atoms with Crippen LogP contribution < -0.4 is 5.32 Å². The van der Waals surface area contributed by atoms with Crippen LogP contribution in [0, 0.1) is 0 Å². The van der Waals surface area contributed by atoms with Crippen molar-refractivity contribution in [2.45, 2.75) is 24.9 Å². The highest BCUT2D eigenvalue weighted by molar-refractivity contribution is 8.68. The molecule has 2 saturated heterocycles. The van der Waals surface area contributed by atoms with Crippen LogP contribution in [0.5, 0.6) is 0 Å². The minimum absolute atomic E-state index is 0.00511. The maximum atomic E-state index is 11.8. The average Bonchev–Trinajstić information content (AvgIpc) is 2.63. The molecule has 2 fully saturated rings. The number of thiol groups is 1. The van der Waals surface area contributed by atoms with Gasteiger partial charge in [-0.2, -0.15) is 0 Å². The van der Waals surface area contributed by atoms with Crippen molar-refractivity contribution < 1.29 is 9.59 Å². The third-order valence-electron chi connectivity index (χ3n) is 2.69. The Hall–Kier alpha value is -0.360. The van der Waals surface area contributed by atoms with Gasteiger partial charge in [0.05, 0.1) is 0 Å². The highest BCUT2D eigenvalue weighted by atomic mass is 33.1. The predicted octanol–water partition coefficient (Wildman–Crippen LogP) is 0.0538. The molecule has 2 rings (SSSR count). The van der Waals surface area contributed by atoms with Gasteiger partial charge in [-0.3, -0.25) is 9.59 Å². The van der Waals surface area contributed by atoms with Crippen molar-refractivity contribution in [3.8, 4) is 0 Å². The molecule has 0 spiro atoms. The Morgan fingerprint density at radius 3 is 3.07 bits per heavy atom. The molecular formula is C8H12N2O2S2. The third-order valence-corrected chi connectivity index (χ3v) is 3.62. The fourth-order valence-electron chi connectivity index (χ4n) is 2.02. The lowest BCUT2D eigenvalue weighted by molar-refractivity contribution is -0.146. The Kier molecular flexibility index (Phi) is 2.92. The summed E-state index contributed by atoms with van der Waals surface area (Å²) in [5.74, 6) is 0.583. The zero-order valence-corrected chi connectivity index (χ0v) is 9.31. The van der Waals surface area contributed by atoms with Crippen molar-refractivity contribution in [1.29, 1.82) is 0 Å². The molecule has 2 amide bonds. The molecule has 0 aromatic rings. The molecule has 1 N–H and O–H groups in total. The van der Waals surface area contributed by atoms with Crippen molar-refractivity contribution in [3.05, 3.63) is 0 Å². The third kappa shape index (κ3) is 1.61. The molecule has 0 radical (unpaired) electrons. The molecule has 2 atom stereocenters. The second-order valence-corrected chi connectivity index (χ2v) is 4.91. The number of fused-ring (bicyclic) bond motifs is 1. The Labute approximate surface area is 91.6 Å². The van der Waals surface area contributed by atoms with E-state index < -0.39 is 0 Å². The molecular weight excluding hydrogens is 220 g/mol. The topological polar surface area (TPSA) is 49.4 Å². The number of hydrogen-bond acceptors (Lipinski definition) is 4. The number of nitrogens with one attached hydrogen (secondary N) is 1. The summed E-state index contributed by atoms with van der Waals surface area (Å²) in [7, 11) is 1.28. The molecule has 0 aromatic carbocycles. The van der Waals surface area contributed by atoms with Crippen LogP contribution in [0.15, 0.2) is 0 Å². The van der Waals surface area contributed by atoms with Crippen LogP contribution >= 0.6 is 22.5 Å². The maximum absolute atomic E-state index is 11.8. The fourth-order valence-corrected chi connectivity index (χ4v) is 2.84. The van der Waals surface area contributed by atoms with E-state index in [1.807, 2.05) is 0 Å². The normalized spacial score (nSPS) is 31.6. The highest BCUT2D eigenvalue weighted by Crippen LogP contribution is 2.23. The Morgan fingerprint density at radius 1 is 1.57 bits per heavy atom. The highest BCUT2D eigenvalue weighted by Gasteiger charge is 2.42. The van der Waals surface area contributed by atoms with Crippen molar-refractivity contribution in [2.24, 2.45) is 0 Å². The fraction of sp³-hybridized carbons (Fsp3) is 0.750. The maximum Gasteiger partial charge on any atom is 0.246 e. The quantitative estimate of drug-likeness (QED) is 0.522. The van der Waals surface area contributed by atoms with E-state index in [1.165, 1.54) is 10.8 Å². The number of piperazine rings is 1. The van der Waals surface area contributed by atoms with Gasteiger partial charge in [0.15, 0.2) is 0 Å². The molecule has 6 heteroatoms. The van der Waals surface area contributed by atoms with Gasteiger partial charge in [0.1, 0.15) is 12.1 Å². The first-order chi connectivity index (χ1) is 6.74. The van der Waals surface area contributed by atoms with Gasteiger partial charge in [0, 0.05) is 12.3 Å². The van der Waals surface area contributed by atoms with E-state index in [9.17, 15) is 9.59 Å². The largest absolute Gasteiger partial charge is 0.342 e. The molecule has 2 heterocycles. The van der Waals surface area contributed by atoms with Crippen LogP contribution in [0.3, 0.4) is 0 Å². The molecule has 4 nitrogen and oxygen atoms in total. The molecule has 0 aliphatic carbocycles. The molecule has 2 aliphatic rings. The number of nitrogens with zero attached hydrogens (tertiary/aromatic N) is 1. The van der Waals surface area contributed by atoms with Crippen molar-refractivity contribution in [2.75, 3.05) is 12.3 Å². The van der Waals surface area contributed by atoms with Crippen LogP contribution in [-0.4, -0.2) is 41.1 Å². The van der Waals surface area contributed by atoms with E-state index in [-0.39, 0.29) is 23.9 Å². The zero-order valence-electron chi connectivity index (χ0n) is 7.60. The van der Waals surface area contributed by atoms with E-state index in [0.717, 1.165) is 19.4 Å². The summed E-state index contributed by atoms with van der Waals surface area (Å²) in [5.41, 5.74) is 0. The van der Waals surface area contributed by atoms with Crippen LogP contribution in [0.1, 0.15) is 12.8 Å². The van der Waals surface area contributed by atoms with Crippen LogP contribution in [0.4, 0.5) is 0 Å². The second kappa shape index (κ2) is 4.02. The lowest BCUT2D eigenvalue weighted by atomic mass is 10.1. The summed E-state index contributed by atoms with van der Waals surface area (Å²) < 4.78 is 0. The summed E-state index contributed by atoms with van der Waals surface area (Å²) in [6.07, 6.45) is 1.74. The summed E-state index contributed by atoms with van der Waals surface area (Å²) in [6.45, 7) is 0.727. The SMILES string of the molecule is O=C1N[C@@H](CSS)C(=O)N2CCC[C@H]12. The molecule has 0 saturated carbocycles. The van der Waals surface area contributed by atoms with Crippen molar-refractivity contribution in [3.63, 3.8) is 0 Å². The number of carbonyl (C=O) groups is 2. The summed E-state index contributed by atoms with van der Waals surface area (Å²) in [5, 5.41) is 2.74. The lowest BCUT2D eigenvalue weighted by Gasteiger charge is -2.34. The van der Waals surface area contributed by atoms with Crippen LogP contribution in [-0.2, 0) is 9.59 Å². The van der Waals surface area contributed by atoms with E-state index in [2.05, 4.69) is 17.0 Å². The van der Waals surface area contributed by atoms with Gasteiger partial charge < -0.3 is 10.2 Å². The van der Waals surface area contributed by atoms with Crippen molar-refractivity contribution in [1.82, 2.24) is 10.2 Å². The van der Waals surface area contributed by atoms with Gasteiger partial charge in [-0.15, -0.1) is 11.7 Å². The second-order valence-electron chi connectivity index (χ2n) is 3.55. The Bertz CT molecular complexity index is 272. The number of rotatable bonds is 2. The minimum atomic E-state index is -0.376. The Morgan fingerprint density at radius 2 is 2.36 bits per heavy atom. The first-order valence-electron chi connectivity index (χ1n) is 4.61. The lowest BCUT2D eigenvalue weighted by Crippen LogP contribution is -2.61. The smallest absolute Gasteiger partial charge is 0.246 e. The first kappa shape index (κ1) is 10.2. The standard InChI is InChI=1S/C8H12N2O2S2/c11-7-6-2-1-3-10(6)8(12)5(9-7)4-14-13/h5-6,13H,1-4H2,(H,9,11)/t5-,6+/m0/s1. The van der Waals surface area contributed by atoms with Crippen molar-refractivity contribution >= 4 is 34.3 Å². The molecule has 78 valence electrons. The van der Waals surface area contributed by atoms with Gasteiger partial charge >= 0.3 is 0 Å². The predicted molar refractivity (Wildman–Crippen MR) is 58.1 cm³/mol. The van der Waals surface area contributed by atoms with Gasteiger partial charge in [-0.25, -0.2) is 0 Å². The van der Waals surface area contributed by atoms with Gasteiger partial charge in [0.2, 0.25) is 11.8 Å². The van der Waals surface area contributed by atoms with E-state index >= 15 is 0 Å². The molecule has 14 heavy (non-hydrogen) atoms. The van der Waals surface area contributed by atoms with Gasteiger partial charge in [-0.1, -0.05) is 10.8 Å².